The first kappa shape index (κ1) is 30.7. The van der Waals surface area contributed by atoms with Gasteiger partial charge in [0.25, 0.3) is 0 Å². The van der Waals surface area contributed by atoms with Crippen LogP contribution in [0.25, 0.3) is 11.3 Å². The summed E-state index contributed by atoms with van der Waals surface area (Å²) in [4.78, 5) is 0. The lowest BCUT2D eigenvalue weighted by atomic mass is 9.79. The zero-order valence-electron chi connectivity index (χ0n) is 22.1. The second-order valence-corrected chi connectivity index (χ2v) is 11.8. The number of ether oxygens (including phenoxy) is 1. The number of nitrogens with zero attached hydrogens (tertiary/aromatic N) is 5. The molecule has 1 aliphatic heterocycles. The van der Waals surface area contributed by atoms with Crippen molar-refractivity contribution >= 4 is 11.8 Å². The van der Waals surface area contributed by atoms with Gasteiger partial charge in [-0.05, 0) is 43.5 Å². The molecule has 0 bridgehead atoms. The quantitative estimate of drug-likeness (QED) is 0.231. The van der Waals surface area contributed by atoms with E-state index in [-0.39, 0.29) is 29.8 Å². The van der Waals surface area contributed by atoms with Gasteiger partial charge < -0.3 is 25.2 Å². The maximum atomic E-state index is 14.0. The van der Waals surface area contributed by atoms with Crippen molar-refractivity contribution in [3.63, 3.8) is 0 Å². The lowest BCUT2D eigenvalue weighted by Crippen LogP contribution is -2.55. The number of hydrogen-bond donors (Lipinski definition) is 4. The Bertz CT molecular complexity index is 1400. The third-order valence-corrected chi connectivity index (χ3v) is 9.35. The molecule has 3 aromatic rings. The molecule has 5 rings (SSSR count). The van der Waals surface area contributed by atoms with Crippen LogP contribution >= 0.6 is 11.8 Å². The summed E-state index contributed by atoms with van der Waals surface area (Å²) in [6.07, 6.45) is -3.48. The lowest BCUT2D eigenvalue weighted by molar-refractivity contribution is -0.179. The average molecular weight is 618 g/mol. The summed E-state index contributed by atoms with van der Waals surface area (Å²) in [7, 11) is 0. The number of aryl methyl sites for hydroxylation is 1. The standard InChI is InChI=1S/C26H28F5N5O5S/c1-12-2-7-32-34-19(12)23(25(40)3-5-26(30,31)6-4-25)42-24-22(39)20(21(38)17(11-37)41-24)36-10-16(33-35-36)13-8-14(27)18(29)15(28)9-13/h2,7-10,17,20-24,37-40H,3-6,11H2,1H3/t17-,20+,21+,22-,23-,24+/m1/s1. The van der Waals surface area contributed by atoms with Gasteiger partial charge in [0.05, 0.1) is 29.3 Å². The van der Waals surface area contributed by atoms with Gasteiger partial charge in [-0.3, -0.25) is 0 Å². The Balaban J connectivity index is 1.47. The van der Waals surface area contributed by atoms with Gasteiger partial charge in [-0.1, -0.05) is 5.21 Å². The van der Waals surface area contributed by atoms with Crippen LogP contribution in [-0.4, -0.2) is 87.5 Å². The largest absolute Gasteiger partial charge is 0.394 e. The lowest BCUT2D eigenvalue weighted by Gasteiger charge is -2.46. The molecule has 0 unspecified atom stereocenters. The maximum absolute atomic E-state index is 14.0. The molecule has 0 amide bonds. The van der Waals surface area contributed by atoms with Crippen LogP contribution in [0.5, 0.6) is 0 Å². The molecule has 0 radical (unpaired) electrons. The van der Waals surface area contributed by atoms with Crippen molar-refractivity contribution in [2.45, 2.75) is 79.2 Å². The van der Waals surface area contributed by atoms with Gasteiger partial charge in [0.15, 0.2) is 17.5 Å². The van der Waals surface area contributed by atoms with Crippen molar-refractivity contribution in [3.8, 4) is 11.3 Å². The molecule has 4 N–H and O–H groups in total. The van der Waals surface area contributed by atoms with Gasteiger partial charge >= 0.3 is 0 Å². The third kappa shape index (κ3) is 5.88. The van der Waals surface area contributed by atoms with E-state index in [2.05, 4.69) is 20.5 Å². The Labute approximate surface area is 240 Å². The fourth-order valence-electron chi connectivity index (χ4n) is 5.31. The first-order valence-electron chi connectivity index (χ1n) is 13.1. The molecule has 1 saturated carbocycles. The molecule has 228 valence electrons. The van der Waals surface area contributed by atoms with Crippen LogP contribution in [0, 0.1) is 24.4 Å². The predicted octanol–water partition coefficient (Wildman–Crippen LogP) is 2.86. The van der Waals surface area contributed by atoms with Gasteiger partial charge in [-0.2, -0.15) is 10.2 Å². The smallest absolute Gasteiger partial charge is 0.248 e. The van der Waals surface area contributed by atoms with E-state index >= 15 is 0 Å². The van der Waals surface area contributed by atoms with Crippen LogP contribution in [0.2, 0.25) is 0 Å². The van der Waals surface area contributed by atoms with Crippen LogP contribution in [0.3, 0.4) is 0 Å². The normalized spacial score (nSPS) is 28.0. The van der Waals surface area contributed by atoms with Crippen LogP contribution in [-0.2, 0) is 4.74 Å². The van der Waals surface area contributed by atoms with Crippen molar-refractivity contribution in [1.82, 2.24) is 25.2 Å². The molecular weight excluding hydrogens is 589 g/mol. The third-order valence-electron chi connectivity index (χ3n) is 7.76. The minimum absolute atomic E-state index is 0.103. The van der Waals surface area contributed by atoms with Crippen LogP contribution in [0.1, 0.15) is 48.2 Å². The summed E-state index contributed by atoms with van der Waals surface area (Å²) in [6.45, 7) is 1.01. The molecule has 2 aromatic heterocycles. The molecule has 0 spiro atoms. The summed E-state index contributed by atoms with van der Waals surface area (Å²) >= 11 is 0.881. The topological polar surface area (TPSA) is 147 Å². The first-order chi connectivity index (χ1) is 19.8. The van der Waals surface area contributed by atoms with Crippen molar-refractivity contribution in [2.75, 3.05) is 6.61 Å². The molecule has 16 heteroatoms. The number of aliphatic hydroxyl groups excluding tert-OH is 3. The van der Waals surface area contributed by atoms with E-state index in [4.69, 9.17) is 4.74 Å². The fraction of sp³-hybridized carbons (Fsp3) is 0.538. The van der Waals surface area contributed by atoms with Crippen molar-refractivity contribution in [2.24, 2.45) is 0 Å². The zero-order chi connectivity index (χ0) is 30.4. The molecule has 10 nitrogen and oxygen atoms in total. The Kier molecular flexibility index (Phi) is 8.57. The van der Waals surface area contributed by atoms with Gasteiger partial charge in [-0.15, -0.1) is 16.9 Å². The summed E-state index contributed by atoms with van der Waals surface area (Å²) in [6, 6.07) is 1.73. The molecule has 3 heterocycles. The van der Waals surface area contributed by atoms with Crippen LogP contribution in [0.15, 0.2) is 30.6 Å². The predicted molar refractivity (Wildman–Crippen MR) is 138 cm³/mol. The minimum atomic E-state index is -2.95. The van der Waals surface area contributed by atoms with E-state index in [1.807, 2.05) is 0 Å². The van der Waals surface area contributed by atoms with E-state index in [1.54, 1.807) is 13.0 Å². The fourth-order valence-corrected chi connectivity index (χ4v) is 6.95. The zero-order valence-corrected chi connectivity index (χ0v) is 22.9. The molecule has 2 aliphatic rings. The van der Waals surface area contributed by atoms with E-state index in [1.165, 1.54) is 12.4 Å². The Morgan fingerprint density at radius 3 is 2.36 bits per heavy atom. The Hall–Kier alpha value is -2.76. The van der Waals surface area contributed by atoms with E-state index in [0.717, 1.165) is 16.4 Å². The second kappa shape index (κ2) is 11.7. The molecule has 42 heavy (non-hydrogen) atoms. The number of halogens is 5. The minimum Gasteiger partial charge on any atom is -0.394 e. The number of aromatic nitrogens is 5. The molecule has 2 fully saturated rings. The highest BCUT2D eigenvalue weighted by atomic mass is 32.2. The first-order valence-corrected chi connectivity index (χ1v) is 14.0. The summed E-state index contributed by atoms with van der Waals surface area (Å²) in [5.74, 6) is -7.52. The van der Waals surface area contributed by atoms with Crippen molar-refractivity contribution in [1.29, 1.82) is 0 Å². The molecule has 1 aromatic carbocycles. The van der Waals surface area contributed by atoms with Crippen molar-refractivity contribution in [3.05, 3.63) is 59.3 Å². The second-order valence-electron chi connectivity index (χ2n) is 10.6. The number of benzene rings is 1. The summed E-state index contributed by atoms with van der Waals surface area (Å²) in [5, 5.41) is 58.7. The van der Waals surface area contributed by atoms with Crippen molar-refractivity contribution < 1.29 is 47.1 Å². The number of aliphatic hydroxyl groups is 4. The summed E-state index contributed by atoms with van der Waals surface area (Å²) < 4.78 is 76.0. The van der Waals surface area contributed by atoms with E-state index in [9.17, 15) is 42.4 Å². The Morgan fingerprint density at radius 2 is 1.74 bits per heavy atom. The average Bonchev–Trinajstić information content (AvgIpc) is 3.43. The molecule has 1 saturated heterocycles. The molecule has 1 aliphatic carbocycles. The van der Waals surface area contributed by atoms with Gasteiger partial charge in [0.2, 0.25) is 5.92 Å². The highest BCUT2D eigenvalue weighted by molar-refractivity contribution is 8.00. The molecule has 6 atom stereocenters. The van der Waals surface area contributed by atoms with Gasteiger partial charge in [0.1, 0.15) is 35.5 Å². The monoisotopic (exact) mass is 617 g/mol. The number of alkyl halides is 2. The molecular formula is C26H28F5N5O5S. The van der Waals surface area contributed by atoms with Crippen LogP contribution in [0.4, 0.5) is 22.0 Å². The van der Waals surface area contributed by atoms with Gasteiger partial charge in [0, 0.05) is 24.6 Å². The van der Waals surface area contributed by atoms with E-state index < -0.39 is 83.5 Å². The highest BCUT2D eigenvalue weighted by Gasteiger charge is 2.52. The SMILES string of the molecule is Cc1ccnnc1[C@@H](S[C@@H]1O[C@H](CO)[C@H](O)[C@H](n2cc(-c3cc(F)c(F)c(F)c3)nn2)[C@H]1O)C1(O)CCC(F)(F)CC1. The van der Waals surface area contributed by atoms with E-state index in [0.29, 0.717) is 17.7 Å². The van der Waals surface area contributed by atoms with Gasteiger partial charge in [-0.25, -0.2) is 26.6 Å². The van der Waals surface area contributed by atoms with Crippen LogP contribution < -0.4 is 0 Å². The number of hydrogen-bond acceptors (Lipinski definition) is 10. The maximum Gasteiger partial charge on any atom is 0.248 e. The summed E-state index contributed by atoms with van der Waals surface area (Å²) in [5.41, 5.74) is -2.32. The number of thioether (sulfide) groups is 1. The highest BCUT2D eigenvalue weighted by Crippen LogP contribution is 2.52. The Morgan fingerprint density at radius 1 is 1.07 bits per heavy atom. The number of rotatable bonds is 7.